The third-order valence-corrected chi connectivity index (χ3v) is 8.14. The summed E-state index contributed by atoms with van der Waals surface area (Å²) in [5, 5.41) is 7.21. The molecule has 2 aromatic carbocycles. The second kappa shape index (κ2) is 9.56. The van der Waals surface area contributed by atoms with Gasteiger partial charge in [-0.2, -0.15) is 9.40 Å². The lowest BCUT2D eigenvalue weighted by Gasteiger charge is -2.29. The molecule has 168 valence electrons. The smallest absolute Gasteiger partial charge is 0.247 e. The van der Waals surface area contributed by atoms with Crippen molar-refractivity contribution in [3.05, 3.63) is 76.5 Å². The Morgan fingerprint density at radius 2 is 1.84 bits per heavy atom. The van der Waals surface area contributed by atoms with Gasteiger partial charge >= 0.3 is 0 Å². The SMILES string of the molecule is Cc1c(S(=O)(=O)N(Cc2ccc(Br)cc2)[C@@H]2CCCCNC2=O)cnn1-c1ccccc1. The van der Waals surface area contributed by atoms with Gasteiger partial charge in [-0.05, 0) is 56.0 Å². The van der Waals surface area contributed by atoms with Crippen LogP contribution < -0.4 is 5.32 Å². The molecule has 32 heavy (non-hydrogen) atoms. The number of rotatable bonds is 6. The van der Waals surface area contributed by atoms with E-state index >= 15 is 0 Å². The Morgan fingerprint density at radius 1 is 1.12 bits per heavy atom. The Hall–Kier alpha value is -2.49. The van der Waals surface area contributed by atoms with Crippen LogP contribution in [0.4, 0.5) is 0 Å². The zero-order chi connectivity index (χ0) is 22.7. The highest BCUT2D eigenvalue weighted by atomic mass is 79.9. The number of aromatic nitrogens is 2. The monoisotopic (exact) mass is 516 g/mol. The first-order valence-corrected chi connectivity index (χ1v) is 12.8. The summed E-state index contributed by atoms with van der Waals surface area (Å²) in [5.41, 5.74) is 2.09. The van der Waals surface area contributed by atoms with Crippen LogP contribution in [0.1, 0.15) is 30.5 Å². The van der Waals surface area contributed by atoms with Gasteiger partial charge in [0.05, 0.1) is 17.6 Å². The van der Waals surface area contributed by atoms with Gasteiger partial charge in [-0.15, -0.1) is 0 Å². The van der Waals surface area contributed by atoms with E-state index in [0.717, 1.165) is 28.6 Å². The molecule has 7 nitrogen and oxygen atoms in total. The molecule has 1 aromatic heterocycles. The van der Waals surface area contributed by atoms with Crippen LogP contribution in [0.5, 0.6) is 0 Å². The Bertz CT molecular complexity index is 1190. The normalized spacial score (nSPS) is 17.2. The van der Waals surface area contributed by atoms with Crippen molar-refractivity contribution >= 4 is 31.9 Å². The van der Waals surface area contributed by atoms with Gasteiger partial charge in [-0.25, -0.2) is 13.1 Å². The van der Waals surface area contributed by atoms with E-state index in [2.05, 4.69) is 26.3 Å². The molecule has 1 N–H and O–H groups in total. The van der Waals surface area contributed by atoms with Gasteiger partial charge in [0.2, 0.25) is 15.9 Å². The summed E-state index contributed by atoms with van der Waals surface area (Å²) >= 11 is 3.41. The predicted octanol–water partition coefficient (Wildman–Crippen LogP) is 3.80. The molecular formula is C23H25BrN4O3S. The number of amides is 1. The molecule has 9 heteroatoms. The number of nitrogens with zero attached hydrogens (tertiary/aromatic N) is 3. The number of halogens is 1. The first-order valence-electron chi connectivity index (χ1n) is 10.5. The minimum atomic E-state index is -4.00. The molecule has 1 amide bonds. The van der Waals surface area contributed by atoms with Gasteiger partial charge < -0.3 is 5.32 Å². The van der Waals surface area contributed by atoms with Crippen molar-refractivity contribution in [2.45, 2.75) is 43.7 Å². The summed E-state index contributed by atoms with van der Waals surface area (Å²) in [4.78, 5) is 13.0. The van der Waals surface area contributed by atoms with Crippen molar-refractivity contribution in [3.8, 4) is 5.69 Å². The maximum absolute atomic E-state index is 13.9. The van der Waals surface area contributed by atoms with Gasteiger partial charge in [0.15, 0.2) is 0 Å². The minimum Gasteiger partial charge on any atom is -0.355 e. The average molecular weight is 517 g/mol. The van der Waals surface area contributed by atoms with Gasteiger partial charge in [0.25, 0.3) is 0 Å². The lowest BCUT2D eigenvalue weighted by Crippen LogP contribution is -2.48. The highest BCUT2D eigenvalue weighted by Gasteiger charge is 2.38. The van der Waals surface area contributed by atoms with E-state index in [0.29, 0.717) is 18.7 Å². The zero-order valence-electron chi connectivity index (χ0n) is 17.7. The number of carbonyl (C=O) groups is 1. The molecule has 1 saturated heterocycles. The molecule has 3 aromatic rings. The van der Waals surface area contributed by atoms with Crippen molar-refractivity contribution in [2.24, 2.45) is 0 Å². The average Bonchev–Trinajstić information content (AvgIpc) is 3.06. The highest BCUT2D eigenvalue weighted by Crippen LogP contribution is 2.28. The molecule has 0 spiro atoms. The molecule has 0 bridgehead atoms. The summed E-state index contributed by atoms with van der Waals surface area (Å²) in [6, 6.07) is 16.1. The van der Waals surface area contributed by atoms with Crippen molar-refractivity contribution in [3.63, 3.8) is 0 Å². The first kappa shape index (κ1) is 22.7. The Morgan fingerprint density at radius 3 is 2.56 bits per heavy atom. The molecule has 1 atom stereocenters. The van der Waals surface area contributed by atoms with Crippen LogP contribution in [0.3, 0.4) is 0 Å². The lowest BCUT2D eigenvalue weighted by atomic mass is 10.1. The lowest BCUT2D eigenvalue weighted by molar-refractivity contribution is -0.124. The van der Waals surface area contributed by atoms with Gasteiger partial charge in [0.1, 0.15) is 10.9 Å². The Balaban J connectivity index is 1.76. The molecule has 0 aliphatic carbocycles. The summed E-state index contributed by atoms with van der Waals surface area (Å²) in [6.45, 7) is 2.40. The van der Waals surface area contributed by atoms with Crippen LogP contribution in [0.2, 0.25) is 0 Å². The molecule has 0 radical (unpaired) electrons. The summed E-state index contributed by atoms with van der Waals surface area (Å²) < 4.78 is 31.7. The third-order valence-electron chi connectivity index (χ3n) is 5.66. The van der Waals surface area contributed by atoms with E-state index in [1.807, 2.05) is 54.6 Å². The molecule has 0 saturated carbocycles. The largest absolute Gasteiger partial charge is 0.355 e. The van der Waals surface area contributed by atoms with Crippen LogP contribution in [-0.2, 0) is 21.4 Å². The van der Waals surface area contributed by atoms with E-state index in [1.165, 1.54) is 10.5 Å². The quantitative estimate of drug-likeness (QED) is 0.539. The van der Waals surface area contributed by atoms with Crippen molar-refractivity contribution < 1.29 is 13.2 Å². The highest BCUT2D eigenvalue weighted by molar-refractivity contribution is 9.10. The topological polar surface area (TPSA) is 84.3 Å². The summed E-state index contributed by atoms with van der Waals surface area (Å²) in [7, 11) is -4.00. The molecule has 1 fully saturated rings. The van der Waals surface area contributed by atoms with Crippen molar-refractivity contribution in [1.82, 2.24) is 19.4 Å². The summed E-state index contributed by atoms with van der Waals surface area (Å²) in [6.07, 6.45) is 3.46. The number of hydrogen-bond donors (Lipinski definition) is 1. The predicted molar refractivity (Wildman–Crippen MR) is 126 cm³/mol. The number of carbonyl (C=O) groups excluding carboxylic acids is 1. The number of sulfonamides is 1. The Labute approximate surface area is 196 Å². The fraction of sp³-hybridized carbons (Fsp3) is 0.304. The van der Waals surface area contributed by atoms with E-state index in [4.69, 9.17) is 0 Å². The molecular weight excluding hydrogens is 492 g/mol. The molecule has 0 unspecified atom stereocenters. The van der Waals surface area contributed by atoms with Crippen molar-refractivity contribution in [1.29, 1.82) is 0 Å². The number of para-hydroxylation sites is 1. The first-order chi connectivity index (χ1) is 15.4. The van der Waals surface area contributed by atoms with E-state index < -0.39 is 16.1 Å². The second-order valence-corrected chi connectivity index (χ2v) is 10.6. The van der Waals surface area contributed by atoms with Gasteiger partial charge in [0, 0.05) is 17.6 Å². The molecule has 2 heterocycles. The third kappa shape index (κ3) is 4.65. The molecule has 1 aliphatic heterocycles. The van der Waals surface area contributed by atoms with Crippen LogP contribution in [0.15, 0.2) is 70.2 Å². The van der Waals surface area contributed by atoms with Crippen LogP contribution >= 0.6 is 15.9 Å². The minimum absolute atomic E-state index is 0.101. The maximum Gasteiger partial charge on any atom is 0.247 e. The van der Waals surface area contributed by atoms with E-state index in [-0.39, 0.29) is 17.3 Å². The van der Waals surface area contributed by atoms with E-state index in [9.17, 15) is 13.2 Å². The number of nitrogens with one attached hydrogen (secondary N) is 1. The molecule has 1 aliphatic rings. The Kier molecular flexibility index (Phi) is 6.78. The van der Waals surface area contributed by atoms with Gasteiger partial charge in [-0.1, -0.05) is 46.3 Å². The molecule has 4 rings (SSSR count). The second-order valence-electron chi connectivity index (χ2n) is 7.82. The van der Waals surface area contributed by atoms with Crippen molar-refractivity contribution in [2.75, 3.05) is 6.54 Å². The fourth-order valence-corrected chi connectivity index (χ4v) is 5.95. The van der Waals surface area contributed by atoms with E-state index in [1.54, 1.807) is 11.6 Å². The zero-order valence-corrected chi connectivity index (χ0v) is 20.1. The maximum atomic E-state index is 13.9. The number of hydrogen-bond acceptors (Lipinski definition) is 4. The van der Waals surface area contributed by atoms with Gasteiger partial charge in [-0.3, -0.25) is 4.79 Å². The van der Waals surface area contributed by atoms with Crippen LogP contribution in [0.25, 0.3) is 5.69 Å². The number of benzene rings is 2. The van der Waals surface area contributed by atoms with Crippen LogP contribution in [0, 0.1) is 6.92 Å². The summed E-state index contributed by atoms with van der Waals surface area (Å²) in [5.74, 6) is -0.253. The standard InChI is InChI=1S/C23H25BrN4O3S/c1-17-22(15-26-28(17)20-7-3-2-4-8-20)32(30,31)27(16-18-10-12-19(24)13-11-18)21-9-5-6-14-25-23(21)29/h2-4,7-8,10-13,15,21H,5-6,9,14,16H2,1H3,(H,25,29)/t21-/m1/s1. The fourth-order valence-electron chi connectivity index (χ4n) is 3.93. The van der Waals surface area contributed by atoms with Crippen LogP contribution in [-0.4, -0.2) is 41.0 Å².